The zero-order valence-electron chi connectivity index (χ0n) is 11.0. The highest BCUT2D eigenvalue weighted by Crippen LogP contribution is 2.10. The van der Waals surface area contributed by atoms with Crippen molar-refractivity contribution in [3.05, 3.63) is 53.3 Å². The summed E-state index contributed by atoms with van der Waals surface area (Å²) in [6, 6.07) is 10.5. The molecule has 1 aromatic carbocycles. The zero-order valence-corrected chi connectivity index (χ0v) is 11.0. The van der Waals surface area contributed by atoms with Crippen molar-refractivity contribution < 1.29 is 0 Å². The van der Waals surface area contributed by atoms with Crippen molar-refractivity contribution in [2.45, 2.75) is 19.6 Å². The molecule has 1 aromatic heterocycles. The van der Waals surface area contributed by atoms with Gasteiger partial charge in [0, 0.05) is 31.5 Å². The second-order valence-electron chi connectivity index (χ2n) is 4.69. The lowest BCUT2D eigenvalue weighted by molar-refractivity contribution is 0.400. The Morgan fingerprint density at radius 3 is 2.56 bits per heavy atom. The van der Waals surface area contributed by atoms with Crippen LogP contribution < -0.4 is 5.32 Å². The quantitative estimate of drug-likeness (QED) is 0.814. The molecular weight excluding hydrogens is 224 g/mol. The number of rotatable bonds is 6. The Balaban J connectivity index is 1.92. The van der Waals surface area contributed by atoms with Gasteiger partial charge in [0.05, 0.1) is 0 Å². The molecule has 0 radical (unpaired) electrons. The van der Waals surface area contributed by atoms with Crippen molar-refractivity contribution in [3.63, 3.8) is 0 Å². The smallest absolute Gasteiger partial charge is 0.0490 e. The van der Waals surface area contributed by atoms with Gasteiger partial charge in [-0.3, -0.25) is 5.10 Å². The van der Waals surface area contributed by atoms with E-state index in [0.717, 1.165) is 25.3 Å². The van der Waals surface area contributed by atoms with Crippen LogP contribution in [0.4, 0.5) is 0 Å². The van der Waals surface area contributed by atoms with Crippen molar-refractivity contribution in [3.8, 4) is 0 Å². The molecule has 18 heavy (non-hydrogen) atoms. The predicted molar refractivity (Wildman–Crippen MR) is 73.0 cm³/mol. The van der Waals surface area contributed by atoms with E-state index >= 15 is 0 Å². The number of hydrogen-bond acceptors (Lipinski definition) is 3. The number of H-pyrrole nitrogens is 1. The second kappa shape index (κ2) is 6.33. The molecule has 2 aromatic rings. The first-order valence-electron chi connectivity index (χ1n) is 6.16. The molecule has 0 fully saturated rings. The van der Waals surface area contributed by atoms with E-state index in [9.17, 15) is 0 Å². The molecule has 0 bridgehead atoms. The third-order valence-electron chi connectivity index (χ3n) is 2.79. The average Bonchev–Trinajstić information content (AvgIpc) is 2.84. The molecule has 96 valence electrons. The molecule has 0 amide bonds. The van der Waals surface area contributed by atoms with E-state index in [-0.39, 0.29) is 0 Å². The molecule has 0 unspecified atom stereocenters. The molecule has 0 aliphatic carbocycles. The van der Waals surface area contributed by atoms with Gasteiger partial charge in [-0.2, -0.15) is 5.10 Å². The van der Waals surface area contributed by atoms with Gasteiger partial charge in [-0.25, -0.2) is 0 Å². The molecule has 1 heterocycles. The lowest BCUT2D eigenvalue weighted by atomic mass is 10.1. The van der Waals surface area contributed by atoms with Crippen LogP contribution in [-0.4, -0.2) is 29.2 Å². The maximum absolute atomic E-state index is 3.93. The number of nitrogens with one attached hydrogen (secondary N) is 2. The third-order valence-corrected chi connectivity index (χ3v) is 2.79. The highest BCUT2D eigenvalue weighted by atomic mass is 15.1. The fourth-order valence-corrected chi connectivity index (χ4v) is 1.94. The first-order valence-corrected chi connectivity index (χ1v) is 6.16. The number of hydrogen-bond donors (Lipinski definition) is 2. The van der Waals surface area contributed by atoms with E-state index in [1.807, 2.05) is 6.07 Å². The van der Waals surface area contributed by atoms with E-state index in [2.05, 4.69) is 58.8 Å². The van der Waals surface area contributed by atoms with Crippen LogP contribution in [0.3, 0.4) is 0 Å². The highest BCUT2D eigenvalue weighted by molar-refractivity contribution is 5.26. The molecule has 0 aliphatic rings. The minimum absolute atomic E-state index is 0.816. The summed E-state index contributed by atoms with van der Waals surface area (Å²) in [7, 11) is 4.18. The van der Waals surface area contributed by atoms with E-state index < -0.39 is 0 Å². The number of benzene rings is 1. The maximum Gasteiger partial charge on any atom is 0.0490 e. The molecule has 4 heteroatoms. The molecule has 0 saturated carbocycles. The number of aromatic amines is 1. The van der Waals surface area contributed by atoms with Crippen molar-refractivity contribution in [2.75, 3.05) is 14.1 Å². The van der Waals surface area contributed by atoms with E-state index in [1.54, 1.807) is 6.20 Å². The summed E-state index contributed by atoms with van der Waals surface area (Å²) in [5.41, 5.74) is 3.84. The SMILES string of the molecule is CN(C)Cc1ccccc1CNCc1ccn[nH]1. The van der Waals surface area contributed by atoms with Crippen LogP contribution in [0.5, 0.6) is 0 Å². The molecule has 0 saturated heterocycles. The van der Waals surface area contributed by atoms with Gasteiger partial charge >= 0.3 is 0 Å². The van der Waals surface area contributed by atoms with Gasteiger partial charge in [0.1, 0.15) is 0 Å². The normalized spacial score (nSPS) is 11.1. The van der Waals surface area contributed by atoms with Gasteiger partial charge in [0.15, 0.2) is 0 Å². The zero-order chi connectivity index (χ0) is 12.8. The van der Waals surface area contributed by atoms with Crippen LogP contribution in [0.25, 0.3) is 0 Å². The average molecular weight is 244 g/mol. The summed E-state index contributed by atoms with van der Waals surface area (Å²) in [6.45, 7) is 2.67. The second-order valence-corrected chi connectivity index (χ2v) is 4.69. The Morgan fingerprint density at radius 1 is 1.11 bits per heavy atom. The molecule has 0 atom stereocenters. The first-order chi connectivity index (χ1) is 8.75. The fourth-order valence-electron chi connectivity index (χ4n) is 1.94. The minimum atomic E-state index is 0.816. The van der Waals surface area contributed by atoms with E-state index in [4.69, 9.17) is 0 Å². The van der Waals surface area contributed by atoms with Crippen molar-refractivity contribution in [1.29, 1.82) is 0 Å². The summed E-state index contributed by atoms with van der Waals surface area (Å²) in [6.07, 6.45) is 1.77. The monoisotopic (exact) mass is 244 g/mol. The summed E-state index contributed by atoms with van der Waals surface area (Å²) in [5, 5.41) is 10.3. The van der Waals surface area contributed by atoms with Crippen LogP contribution in [0.15, 0.2) is 36.5 Å². The Labute approximate surface area is 108 Å². The molecule has 0 spiro atoms. The molecule has 4 nitrogen and oxygen atoms in total. The van der Waals surface area contributed by atoms with E-state index in [0.29, 0.717) is 0 Å². The standard InChI is InChI=1S/C14H20N4/c1-18(2)11-13-6-4-3-5-12(13)9-15-10-14-7-8-16-17-14/h3-8,15H,9-11H2,1-2H3,(H,16,17). The lowest BCUT2D eigenvalue weighted by Crippen LogP contribution is -2.17. The number of aromatic nitrogens is 2. The van der Waals surface area contributed by atoms with Crippen LogP contribution in [-0.2, 0) is 19.6 Å². The van der Waals surface area contributed by atoms with Crippen molar-refractivity contribution in [1.82, 2.24) is 20.4 Å². The fraction of sp³-hybridized carbons (Fsp3) is 0.357. The molecule has 0 aliphatic heterocycles. The van der Waals surface area contributed by atoms with Crippen LogP contribution >= 0.6 is 0 Å². The summed E-state index contributed by atoms with van der Waals surface area (Å²) >= 11 is 0. The molecule has 2 N–H and O–H groups in total. The topological polar surface area (TPSA) is 44.0 Å². The first kappa shape index (κ1) is 12.8. The predicted octanol–water partition coefficient (Wildman–Crippen LogP) is 1.76. The van der Waals surface area contributed by atoms with E-state index in [1.165, 1.54) is 11.1 Å². The highest BCUT2D eigenvalue weighted by Gasteiger charge is 2.02. The van der Waals surface area contributed by atoms with Gasteiger partial charge in [-0.05, 0) is 31.3 Å². The van der Waals surface area contributed by atoms with Crippen molar-refractivity contribution in [2.24, 2.45) is 0 Å². The third kappa shape index (κ3) is 3.68. The van der Waals surface area contributed by atoms with Crippen molar-refractivity contribution >= 4 is 0 Å². The van der Waals surface area contributed by atoms with Crippen LogP contribution in [0, 0.1) is 0 Å². The van der Waals surface area contributed by atoms with Gasteiger partial charge in [0.25, 0.3) is 0 Å². The van der Waals surface area contributed by atoms with Crippen LogP contribution in [0.2, 0.25) is 0 Å². The van der Waals surface area contributed by atoms with Gasteiger partial charge in [0.2, 0.25) is 0 Å². The Bertz CT molecular complexity index is 462. The maximum atomic E-state index is 3.93. The van der Waals surface area contributed by atoms with Gasteiger partial charge < -0.3 is 10.2 Å². The Kier molecular flexibility index (Phi) is 4.50. The molecule has 2 rings (SSSR count). The summed E-state index contributed by atoms with van der Waals surface area (Å²) < 4.78 is 0. The van der Waals surface area contributed by atoms with Crippen LogP contribution in [0.1, 0.15) is 16.8 Å². The molecular formula is C14H20N4. The summed E-state index contributed by atoms with van der Waals surface area (Å²) in [5.74, 6) is 0. The summed E-state index contributed by atoms with van der Waals surface area (Å²) in [4.78, 5) is 2.19. The Morgan fingerprint density at radius 2 is 1.89 bits per heavy atom. The van der Waals surface area contributed by atoms with Gasteiger partial charge in [-0.1, -0.05) is 24.3 Å². The minimum Gasteiger partial charge on any atom is -0.307 e. The lowest BCUT2D eigenvalue weighted by Gasteiger charge is -2.14. The Hall–Kier alpha value is -1.65. The van der Waals surface area contributed by atoms with Gasteiger partial charge in [-0.15, -0.1) is 0 Å². The number of nitrogens with zero attached hydrogens (tertiary/aromatic N) is 2. The largest absolute Gasteiger partial charge is 0.307 e.